The molecule has 196 valence electrons. The Hall–Kier alpha value is -3.70. The first kappa shape index (κ1) is 26.4. The molecule has 3 N–H and O–H groups in total. The number of halogens is 1. The van der Waals surface area contributed by atoms with Crippen molar-refractivity contribution in [2.75, 3.05) is 51.9 Å². The highest BCUT2D eigenvalue weighted by Crippen LogP contribution is 2.33. The number of aromatic nitrogens is 4. The second-order valence-corrected chi connectivity index (χ2v) is 9.59. The van der Waals surface area contributed by atoms with E-state index >= 15 is 0 Å². The molecule has 0 saturated carbocycles. The second-order valence-electron chi connectivity index (χ2n) is 9.19. The molecule has 3 heterocycles. The fourth-order valence-electron chi connectivity index (χ4n) is 4.47. The number of hydrogen-bond donors (Lipinski definition) is 2. The number of piperidine rings is 1. The van der Waals surface area contributed by atoms with Gasteiger partial charge in [-0.15, -0.1) is 0 Å². The van der Waals surface area contributed by atoms with Crippen molar-refractivity contribution in [2.45, 2.75) is 25.3 Å². The van der Waals surface area contributed by atoms with E-state index in [0.717, 1.165) is 31.4 Å². The van der Waals surface area contributed by atoms with Crippen LogP contribution in [0.15, 0.2) is 31.1 Å². The van der Waals surface area contributed by atoms with Crippen molar-refractivity contribution < 1.29 is 14.3 Å². The summed E-state index contributed by atoms with van der Waals surface area (Å²) in [5.41, 5.74) is 8.00. The van der Waals surface area contributed by atoms with E-state index in [0.29, 0.717) is 40.6 Å². The molecule has 3 aromatic rings. The maximum atomic E-state index is 13.5. The van der Waals surface area contributed by atoms with Crippen molar-refractivity contribution in [3.63, 3.8) is 0 Å². The Bertz CT molecular complexity index is 1340. The largest absolute Gasteiger partial charge is 0.495 e. The minimum Gasteiger partial charge on any atom is -0.495 e. The van der Waals surface area contributed by atoms with Crippen LogP contribution >= 0.6 is 11.6 Å². The first-order chi connectivity index (χ1) is 17.7. The van der Waals surface area contributed by atoms with E-state index in [4.69, 9.17) is 22.1 Å². The number of likely N-dealkylation sites (N-methyl/N-ethyl adjacent to an activating group) is 1. The SMILES string of the molecule is C=CC(=O)N1CCC[C@@H](n2nc(C(=O)Nc3cc(Cl)c(CCN(C)C)cc3OC)c3c(N)ncnc32)C1. The maximum Gasteiger partial charge on any atom is 0.277 e. The molecule has 0 spiro atoms. The van der Waals surface area contributed by atoms with Crippen molar-refractivity contribution in [2.24, 2.45) is 0 Å². The topological polar surface area (TPSA) is 132 Å². The lowest BCUT2D eigenvalue weighted by Crippen LogP contribution is -2.40. The van der Waals surface area contributed by atoms with E-state index in [1.165, 1.54) is 19.5 Å². The molecule has 2 amide bonds. The van der Waals surface area contributed by atoms with Crippen LogP contribution in [-0.2, 0) is 11.2 Å². The highest BCUT2D eigenvalue weighted by Gasteiger charge is 2.29. The highest BCUT2D eigenvalue weighted by molar-refractivity contribution is 6.32. The number of rotatable bonds is 8. The van der Waals surface area contributed by atoms with Crippen LogP contribution in [0.25, 0.3) is 11.0 Å². The van der Waals surface area contributed by atoms with Gasteiger partial charge in [-0.2, -0.15) is 5.10 Å². The van der Waals surface area contributed by atoms with Crippen molar-refractivity contribution >= 4 is 46.0 Å². The van der Waals surface area contributed by atoms with E-state index in [1.54, 1.807) is 15.6 Å². The highest BCUT2D eigenvalue weighted by atomic mass is 35.5. The predicted molar refractivity (Wildman–Crippen MR) is 143 cm³/mol. The lowest BCUT2D eigenvalue weighted by atomic mass is 10.1. The summed E-state index contributed by atoms with van der Waals surface area (Å²) in [7, 11) is 5.51. The third-order valence-corrected chi connectivity index (χ3v) is 6.76. The third kappa shape index (κ3) is 5.52. The first-order valence-electron chi connectivity index (χ1n) is 12.0. The number of anilines is 2. The maximum absolute atomic E-state index is 13.5. The fraction of sp³-hybridized carbons (Fsp3) is 0.400. The summed E-state index contributed by atoms with van der Waals surface area (Å²) in [6, 6.07) is 3.31. The molecule has 1 fully saturated rings. The molecule has 12 heteroatoms. The van der Waals surface area contributed by atoms with Gasteiger partial charge in [0, 0.05) is 24.7 Å². The molecule has 0 bridgehead atoms. The van der Waals surface area contributed by atoms with Crippen molar-refractivity contribution in [1.29, 1.82) is 0 Å². The Morgan fingerprint density at radius 2 is 2.14 bits per heavy atom. The molecule has 11 nitrogen and oxygen atoms in total. The van der Waals surface area contributed by atoms with Crippen LogP contribution in [0.3, 0.4) is 0 Å². The fourth-order valence-corrected chi connectivity index (χ4v) is 4.73. The summed E-state index contributed by atoms with van der Waals surface area (Å²) in [5, 5.41) is 8.34. The van der Waals surface area contributed by atoms with Crippen LogP contribution in [0.1, 0.15) is 34.9 Å². The zero-order chi connectivity index (χ0) is 26.7. The summed E-state index contributed by atoms with van der Waals surface area (Å²) >= 11 is 6.52. The van der Waals surface area contributed by atoms with Crippen LogP contribution in [0.2, 0.25) is 5.02 Å². The second kappa shape index (κ2) is 11.1. The number of ether oxygens (including phenoxy) is 1. The molecule has 1 atom stereocenters. The quantitative estimate of drug-likeness (QED) is 0.428. The van der Waals surface area contributed by atoms with E-state index in [1.807, 2.05) is 20.2 Å². The number of carbonyl (C=O) groups excluding carboxylic acids is 2. The summed E-state index contributed by atoms with van der Waals surface area (Å²) in [6.45, 7) is 5.45. The average Bonchev–Trinajstić information content (AvgIpc) is 3.29. The van der Waals surface area contributed by atoms with Gasteiger partial charge in [-0.05, 0) is 57.1 Å². The molecule has 1 aliphatic rings. The average molecular weight is 527 g/mol. The van der Waals surface area contributed by atoms with Crippen LogP contribution in [0, 0.1) is 0 Å². The number of nitrogens with two attached hydrogens (primary N) is 1. The predicted octanol–water partition coefficient (Wildman–Crippen LogP) is 2.78. The van der Waals surface area contributed by atoms with Crippen molar-refractivity contribution in [1.82, 2.24) is 29.5 Å². The van der Waals surface area contributed by atoms with Crippen LogP contribution in [0.4, 0.5) is 11.5 Å². The molecule has 0 aliphatic carbocycles. The number of carbonyl (C=O) groups is 2. The Morgan fingerprint density at radius 1 is 1.35 bits per heavy atom. The summed E-state index contributed by atoms with van der Waals surface area (Å²) in [4.78, 5) is 37.9. The van der Waals surface area contributed by atoms with Crippen molar-refractivity contribution in [3.8, 4) is 5.75 Å². The molecule has 4 rings (SSSR count). The standard InChI is InChI=1S/C25H31ClN8O3/c1-5-20(35)33-9-6-7-16(13-33)34-24-21(23(27)28-14-29-24)22(31-34)25(36)30-18-12-17(26)15(8-10-32(2)3)11-19(18)37-4/h5,11-12,14,16H,1,6-10,13H2,2-4H3,(H,30,36)(H2,27,28,29)/t16-/m1/s1. The van der Waals surface area contributed by atoms with E-state index in [-0.39, 0.29) is 23.5 Å². The van der Waals surface area contributed by atoms with E-state index in [2.05, 4.69) is 31.9 Å². The zero-order valence-electron chi connectivity index (χ0n) is 21.2. The van der Waals surface area contributed by atoms with Gasteiger partial charge in [-0.3, -0.25) is 9.59 Å². The molecule has 1 aliphatic heterocycles. The van der Waals surface area contributed by atoms with Gasteiger partial charge in [0.2, 0.25) is 5.91 Å². The lowest BCUT2D eigenvalue weighted by Gasteiger charge is -2.32. The number of nitrogen functional groups attached to an aromatic ring is 1. The Balaban J connectivity index is 1.68. The molecule has 37 heavy (non-hydrogen) atoms. The number of benzene rings is 1. The van der Waals surface area contributed by atoms with Gasteiger partial charge < -0.3 is 25.6 Å². The van der Waals surface area contributed by atoms with Gasteiger partial charge in [0.15, 0.2) is 11.3 Å². The molecule has 2 aromatic heterocycles. The van der Waals surface area contributed by atoms with Crippen LogP contribution in [0.5, 0.6) is 5.75 Å². The van der Waals surface area contributed by atoms with Gasteiger partial charge in [-0.1, -0.05) is 18.2 Å². The third-order valence-electron chi connectivity index (χ3n) is 6.41. The van der Waals surface area contributed by atoms with Crippen molar-refractivity contribution in [3.05, 3.63) is 47.4 Å². The summed E-state index contributed by atoms with van der Waals surface area (Å²) in [5.74, 6) is -0.0349. The molecule has 1 aromatic carbocycles. The van der Waals surface area contributed by atoms with Gasteiger partial charge in [-0.25, -0.2) is 14.6 Å². The lowest BCUT2D eigenvalue weighted by molar-refractivity contribution is -0.127. The minimum atomic E-state index is -0.504. The number of methoxy groups -OCH3 is 1. The number of amides is 2. The number of likely N-dealkylation sites (tertiary alicyclic amines) is 1. The number of nitrogens with zero attached hydrogens (tertiary/aromatic N) is 6. The summed E-state index contributed by atoms with van der Waals surface area (Å²) < 4.78 is 7.20. The van der Waals surface area contributed by atoms with Gasteiger partial charge in [0.25, 0.3) is 5.91 Å². The molecular formula is C25H31ClN8O3. The zero-order valence-corrected chi connectivity index (χ0v) is 22.0. The number of fused-ring (bicyclic) bond motifs is 1. The van der Waals surface area contributed by atoms with Crippen LogP contribution in [-0.4, -0.2) is 82.2 Å². The Kier molecular flexibility index (Phi) is 7.94. The normalized spacial score (nSPS) is 15.7. The first-order valence-corrected chi connectivity index (χ1v) is 12.3. The molecule has 0 radical (unpaired) electrons. The molecule has 0 unspecified atom stereocenters. The van der Waals surface area contributed by atoms with Gasteiger partial charge in [0.1, 0.15) is 17.9 Å². The van der Waals surface area contributed by atoms with Gasteiger partial charge >= 0.3 is 0 Å². The summed E-state index contributed by atoms with van der Waals surface area (Å²) in [6.07, 6.45) is 4.91. The minimum absolute atomic E-state index is 0.0788. The monoisotopic (exact) mass is 526 g/mol. The van der Waals surface area contributed by atoms with E-state index < -0.39 is 5.91 Å². The van der Waals surface area contributed by atoms with E-state index in [9.17, 15) is 9.59 Å². The van der Waals surface area contributed by atoms with Gasteiger partial charge in [0.05, 0.1) is 24.2 Å². The number of hydrogen-bond acceptors (Lipinski definition) is 8. The molecular weight excluding hydrogens is 496 g/mol. The molecule has 1 saturated heterocycles. The van der Waals surface area contributed by atoms with Crippen LogP contribution < -0.4 is 15.8 Å². The smallest absolute Gasteiger partial charge is 0.277 e. The number of nitrogens with one attached hydrogen (secondary N) is 1. The Morgan fingerprint density at radius 3 is 2.84 bits per heavy atom. The Labute approximate surface area is 220 Å².